The van der Waals surface area contributed by atoms with E-state index in [2.05, 4.69) is 26.1 Å². The van der Waals surface area contributed by atoms with Crippen molar-refractivity contribution in [3.05, 3.63) is 29.8 Å². The number of nitrogens with one attached hydrogen (secondary N) is 1. The molecule has 1 aromatic carbocycles. The van der Waals surface area contributed by atoms with E-state index in [9.17, 15) is 14.4 Å². The normalized spacial score (nSPS) is 19.3. The van der Waals surface area contributed by atoms with Crippen molar-refractivity contribution in [1.29, 1.82) is 0 Å². The summed E-state index contributed by atoms with van der Waals surface area (Å²) in [6.45, 7) is 8.83. The van der Waals surface area contributed by atoms with Gasteiger partial charge in [-0.2, -0.15) is 0 Å². The summed E-state index contributed by atoms with van der Waals surface area (Å²) in [6, 6.07) is 6.46. The van der Waals surface area contributed by atoms with Crippen molar-refractivity contribution in [2.24, 2.45) is 11.3 Å². The lowest BCUT2D eigenvalue weighted by molar-refractivity contribution is -0.152. The molecule has 6 nitrogen and oxygen atoms in total. The highest BCUT2D eigenvalue weighted by atomic mass is 16.5. The van der Waals surface area contributed by atoms with Gasteiger partial charge in [0.25, 0.3) is 0 Å². The van der Waals surface area contributed by atoms with Crippen LogP contribution in [0.1, 0.15) is 76.6 Å². The summed E-state index contributed by atoms with van der Waals surface area (Å²) in [7, 11) is 0. The number of carbonyl (C=O) groups excluding carboxylic acids is 3. The molecule has 1 amide bonds. The quantitative estimate of drug-likeness (QED) is 0.666. The Bertz CT molecular complexity index is 697. The van der Waals surface area contributed by atoms with E-state index in [4.69, 9.17) is 9.47 Å². The molecule has 1 N–H and O–H groups in total. The number of ether oxygens (including phenoxy) is 2. The van der Waals surface area contributed by atoms with Crippen LogP contribution < -0.4 is 5.32 Å². The Morgan fingerprint density at radius 1 is 1.00 bits per heavy atom. The Balaban J connectivity index is 1.70. The van der Waals surface area contributed by atoms with Crippen LogP contribution in [0.2, 0.25) is 0 Å². The molecule has 0 saturated heterocycles. The van der Waals surface area contributed by atoms with Gasteiger partial charge in [0, 0.05) is 12.1 Å². The Labute approximate surface area is 173 Å². The molecular formula is C23H33NO5. The third-order valence-electron chi connectivity index (χ3n) is 5.43. The molecule has 160 valence electrons. The van der Waals surface area contributed by atoms with Crippen molar-refractivity contribution in [3.8, 4) is 0 Å². The standard InChI is InChI=1S/C23H33NO5/c1-5-28-22(27)16-6-10-18(11-7-16)24-20(25)14-15-21(26)29-19-12-8-17(9-13-19)23(2,3)4/h6-7,10-11,17,19H,5,8-9,12-15H2,1-4H3,(H,24,25). The smallest absolute Gasteiger partial charge is 0.338 e. The lowest BCUT2D eigenvalue weighted by Crippen LogP contribution is -2.30. The van der Waals surface area contributed by atoms with E-state index in [-0.39, 0.29) is 30.8 Å². The highest BCUT2D eigenvalue weighted by Crippen LogP contribution is 2.38. The second kappa shape index (κ2) is 10.4. The summed E-state index contributed by atoms with van der Waals surface area (Å²) in [4.78, 5) is 35.8. The lowest BCUT2D eigenvalue weighted by atomic mass is 9.72. The van der Waals surface area contributed by atoms with Gasteiger partial charge in [0.2, 0.25) is 5.91 Å². The molecule has 0 radical (unpaired) electrons. The third kappa shape index (κ3) is 7.52. The number of amides is 1. The zero-order valence-electron chi connectivity index (χ0n) is 18.0. The van der Waals surface area contributed by atoms with Crippen molar-refractivity contribution in [3.63, 3.8) is 0 Å². The summed E-state index contributed by atoms with van der Waals surface area (Å²) >= 11 is 0. The molecule has 0 aromatic heterocycles. The number of hydrogen-bond donors (Lipinski definition) is 1. The number of hydrogen-bond acceptors (Lipinski definition) is 5. The molecule has 1 aromatic rings. The first-order chi connectivity index (χ1) is 13.7. The van der Waals surface area contributed by atoms with Gasteiger partial charge < -0.3 is 14.8 Å². The third-order valence-corrected chi connectivity index (χ3v) is 5.43. The summed E-state index contributed by atoms with van der Waals surface area (Å²) in [5, 5.41) is 2.72. The fourth-order valence-corrected chi connectivity index (χ4v) is 3.63. The molecule has 0 spiro atoms. The van der Waals surface area contributed by atoms with Gasteiger partial charge in [0.05, 0.1) is 18.6 Å². The molecule has 29 heavy (non-hydrogen) atoms. The highest BCUT2D eigenvalue weighted by Gasteiger charge is 2.31. The van der Waals surface area contributed by atoms with Crippen LogP contribution in [-0.4, -0.2) is 30.6 Å². The van der Waals surface area contributed by atoms with Crippen molar-refractivity contribution < 1.29 is 23.9 Å². The van der Waals surface area contributed by atoms with E-state index in [1.54, 1.807) is 31.2 Å². The maximum Gasteiger partial charge on any atom is 0.338 e. The maximum absolute atomic E-state index is 12.1. The number of anilines is 1. The van der Waals surface area contributed by atoms with Crippen molar-refractivity contribution >= 4 is 23.5 Å². The molecule has 0 heterocycles. The minimum absolute atomic E-state index is 0.0282. The molecule has 0 aliphatic heterocycles. The minimum Gasteiger partial charge on any atom is -0.462 e. The van der Waals surface area contributed by atoms with Gasteiger partial charge >= 0.3 is 11.9 Å². The minimum atomic E-state index is -0.398. The Kier molecular flexibility index (Phi) is 8.23. The van der Waals surface area contributed by atoms with E-state index >= 15 is 0 Å². The number of carbonyl (C=O) groups is 3. The molecule has 0 unspecified atom stereocenters. The Morgan fingerprint density at radius 2 is 1.62 bits per heavy atom. The SMILES string of the molecule is CCOC(=O)c1ccc(NC(=O)CCC(=O)OC2CCC(C(C)(C)C)CC2)cc1. The van der Waals surface area contributed by atoms with Gasteiger partial charge in [-0.3, -0.25) is 9.59 Å². The van der Waals surface area contributed by atoms with E-state index in [1.165, 1.54) is 0 Å². The van der Waals surface area contributed by atoms with Crippen LogP contribution in [0.3, 0.4) is 0 Å². The van der Waals surface area contributed by atoms with E-state index < -0.39 is 5.97 Å². The van der Waals surface area contributed by atoms with Crippen LogP contribution in [0.15, 0.2) is 24.3 Å². The van der Waals surface area contributed by atoms with Gasteiger partial charge in [-0.1, -0.05) is 20.8 Å². The van der Waals surface area contributed by atoms with Crippen LogP contribution in [0, 0.1) is 11.3 Å². The first-order valence-corrected chi connectivity index (χ1v) is 10.5. The van der Waals surface area contributed by atoms with E-state index in [0.717, 1.165) is 25.7 Å². The largest absolute Gasteiger partial charge is 0.462 e. The number of benzene rings is 1. The molecule has 1 saturated carbocycles. The van der Waals surface area contributed by atoms with Crippen LogP contribution >= 0.6 is 0 Å². The maximum atomic E-state index is 12.1. The first-order valence-electron chi connectivity index (χ1n) is 10.5. The van der Waals surface area contributed by atoms with Crippen LogP contribution in [0.25, 0.3) is 0 Å². The molecule has 2 rings (SSSR count). The molecule has 0 atom stereocenters. The summed E-state index contributed by atoms with van der Waals surface area (Å²) in [5.41, 5.74) is 1.29. The number of esters is 2. The fourth-order valence-electron chi connectivity index (χ4n) is 3.63. The number of rotatable bonds is 7. The molecule has 1 aliphatic rings. The predicted octanol–water partition coefficient (Wildman–Crippen LogP) is 4.73. The van der Waals surface area contributed by atoms with E-state index in [0.29, 0.717) is 29.2 Å². The lowest BCUT2D eigenvalue weighted by Gasteiger charge is -2.36. The second-order valence-corrected chi connectivity index (χ2v) is 8.68. The van der Waals surface area contributed by atoms with E-state index in [1.807, 2.05) is 0 Å². The van der Waals surface area contributed by atoms with Crippen molar-refractivity contribution in [2.45, 2.75) is 72.3 Å². The molecule has 0 bridgehead atoms. The fraction of sp³-hybridized carbons (Fsp3) is 0.609. The van der Waals surface area contributed by atoms with Gasteiger partial charge in [-0.05, 0) is 68.2 Å². The first kappa shape index (κ1) is 22.9. The summed E-state index contributed by atoms with van der Waals surface area (Å²) in [5.74, 6) is -0.317. The molecular weight excluding hydrogens is 370 g/mol. The zero-order chi connectivity index (χ0) is 21.4. The second-order valence-electron chi connectivity index (χ2n) is 8.68. The van der Waals surface area contributed by atoms with Gasteiger partial charge in [-0.25, -0.2) is 4.79 Å². The topological polar surface area (TPSA) is 81.7 Å². The Morgan fingerprint density at radius 3 is 2.17 bits per heavy atom. The highest BCUT2D eigenvalue weighted by molar-refractivity contribution is 5.94. The predicted molar refractivity (Wildman–Crippen MR) is 112 cm³/mol. The molecule has 1 fully saturated rings. The summed E-state index contributed by atoms with van der Waals surface area (Å²) in [6.07, 6.45) is 4.04. The zero-order valence-corrected chi connectivity index (χ0v) is 18.0. The Hall–Kier alpha value is -2.37. The summed E-state index contributed by atoms with van der Waals surface area (Å²) < 4.78 is 10.5. The van der Waals surface area contributed by atoms with Crippen molar-refractivity contribution in [1.82, 2.24) is 0 Å². The van der Waals surface area contributed by atoms with Crippen LogP contribution in [0.5, 0.6) is 0 Å². The van der Waals surface area contributed by atoms with Gasteiger partial charge in [0.15, 0.2) is 0 Å². The molecule has 1 aliphatic carbocycles. The van der Waals surface area contributed by atoms with Crippen LogP contribution in [-0.2, 0) is 19.1 Å². The average molecular weight is 404 g/mol. The molecule has 6 heteroatoms. The van der Waals surface area contributed by atoms with Gasteiger partial charge in [0.1, 0.15) is 6.10 Å². The van der Waals surface area contributed by atoms with Gasteiger partial charge in [-0.15, -0.1) is 0 Å². The average Bonchev–Trinajstić information content (AvgIpc) is 2.67. The monoisotopic (exact) mass is 403 g/mol. The van der Waals surface area contributed by atoms with Crippen molar-refractivity contribution in [2.75, 3.05) is 11.9 Å². The van der Waals surface area contributed by atoms with Crippen LogP contribution in [0.4, 0.5) is 5.69 Å².